The zero-order chi connectivity index (χ0) is 21.5. The van der Waals surface area contributed by atoms with E-state index in [1.54, 1.807) is 0 Å². The highest BCUT2D eigenvalue weighted by molar-refractivity contribution is 5.57. The molecule has 0 fully saturated rings. The van der Waals surface area contributed by atoms with Gasteiger partial charge in [-0.25, -0.2) is 4.68 Å². The molecule has 2 aromatic carbocycles. The Hall–Kier alpha value is -2.80. The average Bonchev–Trinajstić information content (AvgIpc) is 3.10. The van der Waals surface area contributed by atoms with Gasteiger partial charge in [0.15, 0.2) is 0 Å². The minimum atomic E-state index is -4.34. The van der Waals surface area contributed by atoms with Crippen molar-refractivity contribution in [3.63, 3.8) is 0 Å². The van der Waals surface area contributed by atoms with Gasteiger partial charge in [-0.15, -0.1) is 0 Å². The first-order valence-electron chi connectivity index (χ1n) is 9.81. The van der Waals surface area contributed by atoms with Gasteiger partial charge in [0.1, 0.15) is 12.5 Å². The number of anilines is 1. The predicted octanol–water partition coefficient (Wildman–Crippen LogP) is 5.68. The Balaban J connectivity index is 1.75. The molecule has 0 aliphatic carbocycles. The van der Waals surface area contributed by atoms with E-state index in [1.165, 1.54) is 12.1 Å². The van der Waals surface area contributed by atoms with Gasteiger partial charge >= 0.3 is 6.18 Å². The lowest BCUT2D eigenvalue weighted by Crippen LogP contribution is -2.32. The third-order valence-electron chi connectivity index (χ3n) is 5.12. The molecule has 4 nitrogen and oxygen atoms in total. The standard InChI is InChI=1S/C23H24F3N3O/c1-22(2,3)20-19-14-30-15-28(13-16-9-11-17(12-10-16)23(24,25)26)21(19)29(27-20)18-7-5-4-6-8-18/h4-12H,13-15H2,1-3H3. The van der Waals surface area contributed by atoms with Crippen molar-refractivity contribution in [3.05, 3.63) is 77.0 Å². The van der Waals surface area contributed by atoms with Crippen molar-refractivity contribution in [1.82, 2.24) is 9.78 Å². The number of fused-ring (bicyclic) bond motifs is 1. The van der Waals surface area contributed by atoms with Crippen molar-refractivity contribution >= 4 is 5.82 Å². The van der Waals surface area contributed by atoms with Gasteiger partial charge in [0.25, 0.3) is 0 Å². The monoisotopic (exact) mass is 415 g/mol. The number of aromatic nitrogens is 2. The van der Waals surface area contributed by atoms with Gasteiger partial charge in [-0.1, -0.05) is 51.1 Å². The summed E-state index contributed by atoms with van der Waals surface area (Å²) in [6.07, 6.45) is -4.34. The molecule has 0 unspecified atom stereocenters. The van der Waals surface area contributed by atoms with Crippen LogP contribution in [0.2, 0.25) is 0 Å². The summed E-state index contributed by atoms with van der Waals surface area (Å²) in [5, 5.41) is 4.92. The Labute approximate surface area is 173 Å². The van der Waals surface area contributed by atoms with Gasteiger partial charge in [-0.05, 0) is 29.8 Å². The van der Waals surface area contributed by atoms with Crippen LogP contribution in [-0.2, 0) is 29.5 Å². The number of hydrogen-bond donors (Lipinski definition) is 0. The molecule has 1 aliphatic heterocycles. The van der Waals surface area contributed by atoms with Gasteiger partial charge in [-0.2, -0.15) is 18.3 Å². The van der Waals surface area contributed by atoms with E-state index < -0.39 is 11.7 Å². The van der Waals surface area contributed by atoms with Crippen molar-refractivity contribution in [3.8, 4) is 5.69 Å². The maximum Gasteiger partial charge on any atom is 0.416 e. The first-order chi connectivity index (χ1) is 14.1. The Bertz CT molecular complexity index is 1020. The SMILES string of the molecule is CC(C)(C)c1nn(-c2ccccc2)c2c1COCN2Cc1ccc(C(F)(F)F)cc1. The molecule has 3 aromatic rings. The number of alkyl halides is 3. The molecule has 30 heavy (non-hydrogen) atoms. The molecule has 7 heteroatoms. The maximum absolute atomic E-state index is 12.9. The van der Waals surface area contributed by atoms with Crippen LogP contribution >= 0.6 is 0 Å². The summed E-state index contributed by atoms with van der Waals surface area (Å²) in [4.78, 5) is 2.02. The van der Waals surface area contributed by atoms with Crippen molar-refractivity contribution in [2.75, 3.05) is 11.6 Å². The van der Waals surface area contributed by atoms with E-state index in [1.807, 2.05) is 39.9 Å². The highest BCUT2D eigenvalue weighted by Gasteiger charge is 2.33. The molecule has 4 rings (SSSR count). The third kappa shape index (κ3) is 3.94. The first-order valence-corrected chi connectivity index (χ1v) is 9.81. The third-order valence-corrected chi connectivity index (χ3v) is 5.12. The van der Waals surface area contributed by atoms with Crippen molar-refractivity contribution in [2.24, 2.45) is 0 Å². The molecule has 0 amide bonds. The summed E-state index contributed by atoms with van der Waals surface area (Å²) >= 11 is 0. The lowest BCUT2D eigenvalue weighted by atomic mass is 9.89. The minimum Gasteiger partial charge on any atom is -0.356 e. The lowest BCUT2D eigenvalue weighted by Gasteiger charge is -2.31. The molecule has 0 atom stereocenters. The summed E-state index contributed by atoms with van der Waals surface area (Å²) in [5.74, 6) is 0.928. The lowest BCUT2D eigenvalue weighted by molar-refractivity contribution is -0.137. The van der Waals surface area contributed by atoms with Crippen LogP contribution in [0, 0.1) is 0 Å². The van der Waals surface area contributed by atoms with E-state index in [4.69, 9.17) is 9.84 Å². The molecule has 0 N–H and O–H groups in total. The van der Waals surface area contributed by atoms with E-state index >= 15 is 0 Å². The summed E-state index contributed by atoms with van der Waals surface area (Å²) in [6, 6.07) is 15.1. The molecule has 158 valence electrons. The predicted molar refractivity (Wildman–Crippen MR) is 110 cm³/mol. The zero-order valence-electron chi connectivity index (χ0n) is 17.2. The van der Waals surface area contributed by atoms with Gasteiger partial charge in [0.2, 0.25) is 0 Å². The van der Waals surface area contributed by atoms with Crippen molar-refractivity contribution < 1.29 is 17.9 Å². The van der Waals surface area contributed by atoms with Crippen LogP contribution in [0.25, 0.3) is 5.69 Å². The highest BCUT2D eigenvalue weighted by atomic mass is 19.4. The molecule has 1 aliphatic rings. The largest absolute Gasteiger partial charge is 0.416 e. The summed E-state index contributed by atoms with van der Waals surface area (Å²) in [6.45, 7) is 7.56. The summed E-state index contributed by atoms with van der Waals surface area (Å²) < 4.78 is 46.4. The van der Waals surface area contributed by atoms with Crippen LogP contribution in [0.15, 0.2) is 54.6 Å². The first kappa shape index (κ1) is 20.5. The number of benzene rings is 2. The Morgan fingerprint density at radius 3 is 2.23 bits per heavy atom. The Kier molecular flexibility index (Phi) is 5.10. The molecule has 0 saturated carbocycles. The molecule has 0 bridgehead atoms. The number of hydrogen-bond acceptors (Lipinski definition) is 3. The number of rotatable bonds is 3. The quantitative estimate of drug-likeness (QED) is 0.551. The van der Waals surface area contributed by atoms with Gasteiger partial charge in [0, 0.05) is 17.5 Å². The second-order valence-corrected chi connectivity index (χ2v) is 8.52. The highest BCUT2D eigenvalue weighted by Crippen LogP contribution is 2.37. The van der Waals surface area contributed by atoms with Crippen molar-refractivity contribution in [2.45, 2.75) is 45.5 Å². The molecular weight excluding hydrogens is 391 g/mol. The maximum atomic E-state index is 12.9. The summed E-state index contributed by atoms with van der Waals surface area (Å²) in [5.41, 5.74) is 2.86. The van der Waals surface area contributed by atoms with E-state index in [0.29, 0.717) is 19.9 Å². The Morgan fingerprint density at radius 2 is 1.63 bits per heavy atom. The van der Waals surface area contributed by atoms with Gasteiger partial charge < -0.3 is 9.64 Å². The van der Waals surface area contributed by atoms with Crippen LogP contribution in [-0.4, -0.2) is 16.5 Å². The number of nitrogens with zero attached hydrogens (tertiary/aromatic N) is 3. The second-order valence-electron chi connectivity index (χ2n) is 8.52. The van der Waals surface area contributed by atoms with Crippen molar-refractivity contribution in [1.29, 1.82) is 0 Å². The van der Waals surface area contributed by atoms with Gasteiger partial charge in [-0.3, -0.25) is 0 Å². The number of ether oxygens (including phenoxy) is 1. The molecule has 0 spiro atoms. The minimum absolute atomic E-state index is 0.176. The van der Waals surface area contributed by atoms with Gasteiger partial charge in [0.05, 0.1) is 23.6 Å². The second kappa shape index (κ2) is 7.47. The van der Waals surface area contributed by atoms with E-state index in [-0.39, 0.29) is 5.41 Å². The fraction of sp³-hybridized carbons (Fsp3) is 0.348. The fourth-order valence-corrected chi connectivity index (χ4v) is 3.71. The van der Waals surface area contributed by atoms with Crippen LogP contribution in [0.1, 0.15) is 43.2 Å². The number of halogens is 3. The molecule has 2 heterocycles. The van der Waals surface area contributed by atoms with Crippen LogP contribution in [0.5, 0.6) is 0 Å². The summed E-state index contributed by atoms with van der Waals surface area (Å²) in [7, 11) is 0. The van der Waals surface area contributed by atoms with E-state index in [0.717, 1.165) is 40.5 Å². The fourth-order valence-electron chi connectivity index (χ4n) is 3.71. The molecule has 1 aromatic heterocycles. The molecule has 0 saturated heterocycles. The van der Waals surface area contributed by atoms with Crippen LogP contribution < -0.4 is 4.90 Å². The van der Waals surface area contributed by atoms with E-state index in [9.17, 15) is 13.2 Å². The number of para-hydroxylation sites is 1. The topological polar surface area (TPSA) is 30.3 Å². The van der Waals surface area contributed by atoms with Crippen LogP contribution in [0.3, 0.4) is 0 Å². The molecular formula is C23H24F3N3O. The van der Waals surface area contributed by atoms with Crippen LogP contribution in [0.4, 0.5) is 19.0 Å². The Morgan fingerprint density at radius 1 is 0.967 bits per heavy atom. The smallest absolute Gasteiger partial charge is 0.356 e. The average molecular weight is 415 g/mol. The zero-order valence-corrected chi connectivity index (χ0v) is 17.2. The normalized spacial score (nSPS) is 14.7. The van der Waals surface area contributed by atoms with E-state index in [2.05, 4.69) is 20.8 Å². The molecule has 0 radical (unpaired) electrons.